The molecule has 1 aliphatic carbocycles. The van der Waals surface area contributed by atoms with Crippen LogP contribution in [0.3, 0.4) is 0 Å². The number of carboxylic acid groups (broad SMARTS) is 1. The number of carboxylic acids is 1. The molecular weight excluding hydrogens is 246 g/mol. The van der Waals surface area contributed by atoms with Gasteiger partial charge in [-0.15, -0.1) is 0 Å². The summed E-state index contributed by atoms with van der Waals surface area (Å²) in [7, 11) is 1.41. The highest BCUT2D eigenvalue weighted by Crippen LogP contribution is 2.71. The van der Waals surface area contributed by atoms with E-state index >= 15 is 0 Å². The smallest absolute Gasteiger partial charge is 0.352 e. The molecule has 0 spiro atoms. The fourth-order valence-corrected chi connectivity index (χ4v) is 2.93. The first-order valence-electron chi connectivity index (χ1n) is 6.18. The van der Waals surface area contributed by atoms with Crippen molar-refractivity contribution in [3.05, 3.63) is 28.2 Å². The maximum Gasteiger partial charge on any atom is 0.352 e. The Morgan fingerprint density at radius 2 is 1.84 bits per heavy atom. The van der Waals surface area contributed by atoms with Crippen LogP contribution in [0.2, 0.25) is 0 Å². The van der Waals surface area contributed by atoms with E-state index in [4.69, 9.17) is 4.74 Å². The van der Waals surface area contributed by atoms with Crippen molar-refractivity contribution in [1.29, 1.82) is 0 Å². The van der Waals surface area contributed by atoms with Gasteiger partial charge < -0.3 is 14.4 Å². The predicted molar refractivity (Wildman–Crippen MR) is 70.8 cm³/mol. The summed E-state index contributed by atoms with van der Waals surface area (Å²) in [6.45, 7) is 8.36. The van der Waals surface area contributed by atoms with Crippen molar-refractivity contribution in [2.45, 2.75) is 33.7 Å². The van der Waals surface area contributed by atoms with Crippen molar-refractivity contribution in [2.24, 2.45) is 10.8 Å². The third-order valence-electron chi connectivity index (χ3n) is 4.71. The summed E-state index contributed by atoms with van der Waals surface area (Å²) in [5.41, 5.74) is -0.462. The first-order valence-corrected chi connectivity index (χ1v) is 6.18. The van der Waals surface area contributed by atoms with Crippen molar-refractivity contribution in [3.8, 4) is 5.75 Å². The van der Waals surface area contributed by atoms with Crippen molar-refractivity contribution >= 4 is 5.97 Å². The molecule has 1 N–H and O–H groups in total. The Labute approximate surface area is 111 Å². The molecule has 0 aliphatic heterocycles. The Morgan fingerprint density at radius 3 is 2.21 bits per heavy atom. The van der Waals surface area contributed by atoms with E-state index in [-0.39, 0.29) is 28.3 Å². The number of nitrogens with zero attached hydrogens (tertiary/aromatic N) is 1. The standard InChI is InChI=1S/C14H19NO4/c1-13(2)12(14(13,3)4)15-7-10(19-5)9(16)6-8(15)11(17)18/h6-7,12H,1-5H3,(H,17,18). The molecule has 0 amide bonds. The van der Waals surface area contributed by atoms with E-state index in [2.05, 4.69) is 27.7 Å². The molecule has 0 bridgehead atoms. The molecule has 0 atom stereocenters. The van der Waals surface area contributed by atoms with Gasteiger partial charge >= 0.3 is 5.97 Å². The van der Waals surface area contributed by atoms with Gasteiger partial charge in [-0.1, -0.05) is 27.7 Å². The second kappa shape index (κ2) is 3.85. The molecule has 5 nitrogen and oxygen atoms in total. The second-order valence-electron chi connectivity index (χ2n) is 6.15. The lowest BCUT2D eigenvalue weighted by molar-refractivity contribution is 0.0682. The van der Waals surface area contributed by atoms with E-state index in [0.29, 0.717) is 0 Å². The molecular formula is C14H19NO4. The molecule has 1 saturated carbocycles. The minimum atomic E-state index is -1.10. The third kappa shape index (κ3) is 1.76. The fraction of sp³-hybridized carbons (Fsp3) is 0.571. The predicted octanol–water partition coefficient (Wildman–Crippen LogP) is 2.16. The molecule has 0 saturated heterocycles. The minimum absolute atomic E-state index is 0.00875. The molecule has 0 unspecified atom stereocenters. The van der Waals surface area contributed by atoms with Gasteiger partial charge in [0.1, 0.15) is 5.69 Å². The van der Waals surface area contributed by atoms with Crippen LogP contribution >= 0.6 is 0 Å². The van der Waals surface area contributed by atoms with Crippen LogP contribution in [0.15, 0.2) is 17.1 Å². The number of hydrogen-bond acceptors (Lipinski definition) is 3. The van der Waals surface area contributed by atoms with Gasteiger partial charge in [-0.3, -0.25) is 4.79 Å². The molecule has 1 fully saturated rings. The van der Waals surface area contributed by atoms with Crippen molar-refractivity contribution in [1.82, 2.24) is 4.57 Å². The lowest BCUT2D eigenvalue weighted by Crippen LogP contribution is -2.19. The number of aromatic carboxylic acids is 1. The molecule has 5 heteroatoms. The lowest BCUT2D eigenvalue weighted by Gasteiger charge is -2.14. The summed E-state index contributed by atoms with van der Waals surface area (Å²) in [5.74, 6) is -0.929. The SMILES string of the molecule is COc1cn(C2C(C)(C)C2(C)C)c(C(=O)O)cc1=O. The highest BCUT2D eigenvalue weighted by atomic mass is 16.5. The number of hydrogen-bond donors (Lipinski definition) is 1. The van der Waals surface area contributed by atoms with E-state index in [9.17, 15) is 14.7 Å². The normalized spacial score (nSPS) is 20.1. The van der Waals surface area contributed by atoms with Crippen molar-refractivity contribution in [2.75, 3.05) is 7.11 Å². The number of rotatable bonds is 3. The van der Waals surface area contributed by atoms with E-state index < -0.39 is 11.4 Å². The number of aromatic nitrogens is 1. The zero-order chi connectivity index (χ0) is 14.6. The summed E-state index contributed by atoms with van der Waals surface area (Å²) in [6.07, 6.45) is 1.51. The third-order valence-corrected chi connectivity index (χ3v) is 4.71. The van der Waals surface area contributed by atoms with Crippen LogP contribution in [0.1, 0.15) is 44.2 Å². The Bertz CT molecular complexity index is 584. The Hall–Kier alpha value is -1.78. The molecule has 0 aromatic carbocycles. The quantitative estimate of drug-likeness (QED) is 0.909. The van der Waals surface area contributed by atoms with E-state index in [1.807, 2.05) is 0 Å². The van der Waals surface area contributed by atoms with Crippen LogP contribution in [0.5, 0.6) is 5.75 Å². The Balaban J connectivity index is 2.64. The zero-order valence-corrected chi connectivity index (χ0v) is 11.9. The van der Waals surface area contributed by atoms with Crippen LogP contribution < -0.4 is 10.2 Å². The van der Waals surface area contributed by atoms with E-state index in [1.165, 1.54) is 13.3 Å². The highest BCUT2D eigenvalue weighted by Gasteiger charge is 2.66. The average Bonchev–Trinajstić information content (AvgIpc) is 2.69. The van der Waals surface area contributed by atoms with Gasteiger partial charge in [0, 0.05) is 12.1 Å². The topological polar surface area (TPSA) is 68.5 Å². The Morgan fingerprint density at radius 1 is 1.32 bits per heavy atom. The summed E-state index contributed by atoms with van der Waals surface area (Å²) >= 11 is 0. The Kier molecular flexibility index (Phi) is 2.77. The van der Waals surface area contributed by atoms with Gasteiger partial charge in [-0.05, 0) is 10.8 Å². The van der Waals surface area contributed by atoms with Crippen LogP contribution in [0.25, 0.3) is 0 Å². The molecule has 1 aromatic heterocycles. The number of pyridine rings is 1. The van der Waals surface area contributed by atoms with Crippen LogP contribution in [0, 0.1) is 10.8 Å². The van der Waals surface area contributed by atoms with Crippen molar-refractivity contribution < 1.29 is 14.6 Å². The average molecular weight is 265 g/mol. The first kappa shape index (κ1) is 13.6. The van der Waals surface area contributed by atoms with Crippen LogP contribution in [-0.4, -0.2) is 22.8 Å². The van der Waals surface area contributed by atoms with E-state index in [1.54, 1.807) is 4.57 Å². The number of methoxy groups -OCH3 is 1. The molecule has 1 heterocycles. The van der Waals surface area contributed by atoms with Gasteiger partial charge in [-0.25, -0.2) is 4.79 Å². The highest BCUT2D eigenvalue weighted by molar-refractivity contribution is 5.86. The fourth-order valence-electron chi connectivity index (χ4n) is 2.93. The van der Waals surface area contributed by atoms with Crippen molar-refractivity contribution in [3.63, 3.8) is 0 Å². The van der Waals surface area contributed by atoms with Crippen LogP contribution in [0.4, 0.5) is 0 Å². The zero-order valence-electron chi connectivity index (χ0n) is 11.9. The molecule has 1 aliphatic rings. The summed E-state index contributed by atoms with van der Waals surface area (Å²) in [5, 5.41) is 9.27. The maximum absolute atomic E-state index is 11.7. The minimum Gasteiger partial charge on any atom is -0.491 e. The molecule has 1 aromatic rings. The first-order chi connectivity index (χ1) is 8.64. The van der Waals surface area contributed by atoms with Crippen LogP contribution in [-0.2, 0) is 0 Å². The number of ether oxygens (including phenoxy) is 1. The van der Waals surface area contributed by atoms with E-state index in [0.717, 1.165) is 6.07 Å². The number of carbonyl (C=O) groups is 1. The van der Waals surface area contributed by atoms with Gasteiger partial charge in [0.25, 0.3) is 0 Å². The van der Waals surface area contributed by atoms with Gasteiger partial charge in [-0.2, -0.15) is 0 Å². The molecule has 19 heavy (non-hydrogen) atoms. The summed E-state index contributed by atoms with van der Waals surface area (Å²) in [6, 6.07) is 1.16. The van der Waals surface area contributed by atoms with Gasteiger partial charge in [0.15, 0.2) is 5.75 Å². The summed E-state index contributed by atoms with van der Waals surface area (Å²) < 4.78 is 6.66. The largest absolute Gasteiger partial charge is 0.491 e. The lowest BCUT2D eigenvalue weighted by atomic mass is 10.0. The van der Waals surface area contributed by atoms with Gasteiger partial charge in [0.2, 0.25) is 5.43 Å². The molecule has 0 radical (unpaired) electrons. The monoisotopic (exact) mass is 265 g/mol. The summed E-state index contributed by atoms with van der Waals surface area (Å²) in [4.78, 5) is 23.0. The van der Waals surface area contributed by atoms with Gasteiger partial charge in [0.05, 0.1) is 13.3 Å². The second-order valence-corrected chi connectivity index (χ2v) is 6.15. The maximum atomic E-state index is 11.7. The molecule has 104 valence electrons. The molecule has 2 rings (SSSR count).